The largest absolute Gasteiger partial charge is 0.316 e. The van der Waals surface area contributed by atoms with Crippen LogP contribution in [-0.2, 0) is 16.1 Å². The highest BCUT2D eigenvalue weighted by Crippen LogP contribution is 2.38. The van der Waals surface area contributed by atoms with Crippen molar-refractivity contribution in [3.8, 4) is 0 Å². The lowest BCUT2D eigenvalue weighted by molar-refractivity contribution is -0.122. The zero-order valence-electron chi connectivity index (χ0n) is 11.5. The number of imide groups is 1. The topological polar surface area (TPSA) is 49.4 Å². The number of para-hydroxylation sites is 1. The molecule has 1 aromatic rings. The van der Waals surface area contributed by atoms with E-state index < -0.39 is 0 Å². The molecule has 1 heterocycles. The third-order valence-electron chi connectivity index (χ3n) is 4.11. The van der Waals surface area contributed by atoms with Gasteiger partial charge >= 0.3 is 0 Å². The molecular formula is C16H18N2O2. The minimum Gasteiger partial charge on any atom is -0.316 e. The van der Waals surface area contributed by atoms with E-state index in [0.717, 1.165) is 11.3 Å². The number of rotatable bonds is 3. The van der Waals surface area contributed by atoms with Gasteiger partial charge in [-0.3, -0.25) is 9.59 Å². The van der Waals surface area contributed by atoms with Gasteiger partial charge in [-0.05, 0) is 31.5 Å². The number of carbonyl (C=O) groups is 2. The molecule has 2 amide bonds. The van der Waals surface area contributed by atoms with Crippen LogP contribution in [0.2, 0.25) is 0 Å². The molecule has 3 rings (SSSR count). The van der Waals surface area contributed by atoms with Crippen LogP contribution in [0.25, 0.3) is 0 Å². The fourth-order valence-electron chi connectivity index (χ4n) is 3.11. The van der Waals surface area contributed by atoms with Gasteiger partial charge in [-0.1, -0.05) is 30.4 Å². The number of carbonyl (C=O) groups excluding carboxylic acids is 2. The minimum absolute atomic E-state index is 0.0482. The van der Waals surface area contributed by atoms with Crippen molar-refractivity contribution in [1.82, 2.24) is 5.32 Å². The molecule has 0 bridgehead atoms. The minimum atomic E-state index is -0.171. The summed E-state index contributed by atoms with van der Waals surface area (Å²) in [5.41, 5.74) is 1.70. The summed E-state index contributed by atoms with van der Waals surface area (Å²) < 4.78 is 0. The Bertz CT molecular complexity index is 554. The Balaban J connectivity index is 1.99. The molecule has 20 heavy (non-hydrogen) atoms. The van der Waals surface area contributed by atoms with Crippen LogP contribution in [0.5, 0.6) is 0 Å². The predicted octanol–water partition coefficient (Wildman–Crippen LogP) is 1.86. The van der Waals surface area contributed by atoms with Gasteiger partial charge in [0.15, 0.2) is 0 Å². The zero-order chi connectivity index (χ0) is 14.1. The summed E-state index contributed by atoms with van der Waals surface area (Å²) in [6, 6.07) is 7.60. The first-order chi connectivity index (χ1) is 9.74. The molecule has 0 aromatic heterocycles. The fourth-order valence-corrected chi connectivity index (χ4v) is 3.11. The first-order valence-corrected chi connectivity index (χ1v) is 6.99. The molecule has 2 aliphatic rings. The SMILES string of the molecule is CNCc1ccccc1N1C(=O)[C@H]2CC=CC[C@H]2C1=O. The van der Waals surface area contributed by atoms with Crippen LogP contribution in [0.1, 0.15) is 18.4 Å². The Kier molecular flexibility index (Phi) is 3.40. The van der Waals surface area contributed by atoms with Crippen molar-refractivity contribution in [3.05, 3.63) is 42.0 Å². The van der Waals surface area contributed by atoms with Gasteiger partial charge in [-0.15, -0.1) is 0 Å². The molecule has 1 aliphatic heterocycles. The molecule has 1 aromatic carbocycles. The lowest BCUT2D eigenvalue weighted by atomic mass is 9.85. The molecule has 2 atom stereocenters. The molecule has 1 saturated heterocycles. The maximum absolute atomic E-state index is 12.6. The number of amides is 2. The monoisotopic (exact) mass is 270 g/mol. The quantitative estimate of drug-likeness (QED) is 0.673. The van der Waals surface area contributed by atoms with E-state index in [1.165, 1.54) is 4.90 Å². The van der Waals surface area contributed by atoms with Crippen LogP contribution in [0.15, 0.2) is 36.4 Å². The highest BCUT2D eigenvalue weighted by atomic mass is 16.2. The number of fused-ring (bicyclic) bond motifs is 1. The molecule has 1 aliphatic carbocycles. The van der Waals surface area contributed by atoms with Gasteiger partial charge in [0.05, 0.1) is 17.5 Å². The molecule has 1 N–H and O–H groups in total. The molecular weight excluding hydrogens is 252 g/mol. The van der Waals surface area contributed by atoms with E-state index in [2.05, 4.69) is 5.32 Å². The Morgan fingerprint density at radius 1 is 1.10 bits per heavy atom. The molecule has 4 heteroatoms. The third kappa shape index (κ3) is 1.96. The fraction of sp³-hybridized carbons (Fsp3) is 0.375. The van der Waals surface area contributed by atoms with Gasteiger partial charge in [-0.25, -0.2) is 4.90 Å². The molecule has 1 fully saturated rings. The van der Waals surface area contributed by atoms with E-state index >= 15 is 0 Å². The van der Waals surface area contributed by atoms with Crippen molar-refractivity contribution in [1.29, 1.82) is 0 Å². The van der Waals surface area contributed by atoms with Crippen LogP contribution in [0.3, 0.4) is 0 Å². The third-order valence-corrected chi connectivity index (χ3v) is 4.11. The summed E-state index contributed by atoms with van der Waals surface area (Å²) in [7, 11) is 1.86. The van der Waals surface area contributed by atoms with Crippen molar-refractivity contribution in [2.45, 2.75) is 19.4 Å². The molecule has 0 radical (unpaired) electrons. The maximum atomic E-state index is 12.6. The highest BCUT2D eigenvalue weighted by molar-refractivity contribution is 6.22. The van der Waals surface area contributed by atoms with Gasteiger partial charge in [0.2, 0.25) is 11.8 Å². The Morgan fingerprint density at radius 2 is 1.70 bits per heavy atom. The second-order valence-corrected chi connectivity index (χ2v) is 5.33. The number of allylic oxidation sites excluding steroid dienone is 2. The van der Waals surface area contributed by atoms with E-state index in [0.29, 0.717) is 19.4 Å². The van der Waals surface area contributed by atoms with Crippen LogP contribution in [-0.4, -0.2) is 18.9 Å². The van der Waals surface area contributed by atoms with Gasteiger partial charge in [-0.2, -0.15) is 0 Å². The lowest BCUT2D eigenvalue weighted by Gasteiger charge is -2.18. The van der Waals surface area contributed by atoms with E-state index in [-0.39, 0.29) is 23.7 Å². The summed E-state index contributed by atoms with van der Waals surface area (Å²) in [6.07, 6.45) is 5.38. The second kappa shape index (κ2) is 5.21. The summed E-state index contributed by atoms with van der Waals surface area (Å²) in [6.45, 7) is 0.640. The Hall–Kier alpha value is -1.94. The van der Waals surface area contributed by atoms with Gasteiger partial charge < -0.3 is 5.32 Å². The van der Waals surface area contributed by atoms with Crippen molar-refractivity contribution >= 4 is 17.5 Å². The van der Waals surface area contributed by atoms with Crippen molar-refractivity contribution in [2.24, 2.45) is 11.8 Å². The number of hydrogen-bond acceptors (Lipinski definition) is 3. The number of nitrogens with zero attached hydrogens (tertiary/aromatic N) is 1. The van der Waals surface area contributed by atoms with Crippen molar-refractivity contribution < 1.29 is 9.59 Å². The first kappa shape index (κ1) is 13.1. The normalized spacial score (nSPS) is 25.1. The first-order valence-electron chi connectivity index (χ1n) is 6.99. The average molecular weight is 270 g/mol. The van der Waals surface area contributed by atoms with E-state index in [1.807, 2.05) is 43.5 Å². The van der Waals surface area contributed by atoms with Crippen LogP contribution in [0.4, 0.5) is 5.69 Å². The molecule has 0 saturated carbocycles. The lowest BCUT2D eigenvalue weighted by Crippen LogP contribution is -2.32. The second-order valence-electron chi connectivity index (χ2n) is 5.33. The van der Waals surface area contributed by atoms with Gasteiger partial charge in [0.25, 0.3) is 0 Å². The smallest absolute Gasteiger partial charge is 0.238 e. The molecule has 0 unspecified atom stereocenters. The van der Waals surface area contributed by atoms with Crippen molar-refractivity contribution in [2.75, 3.05) is 11.9 Å². The number of anilines is 1. The van der Waals surface area contributed by atoms with E-state index in [9.17, 15) is 9.59 Å². The van der Waals surface area contributed by atoms with Gasteiger partial charge in [0.1, 0.15) is 0 Å². The van der Waals surface area contributed by atoms with Crippen LogP contribution in [0, 0.1) is 11.8 Å². The van der Waals surface area contributed by atoms with Crippen LogP contribution >= 0.6 is 0 Å². The number of benzene rings is 1. The Morgan fingerprint density at radius 3 is 2.30 bits per heavy atom. The average Bonchev–Trinajstić information content (AvgIpc) is 2.73. The number of hydrogen-bond donors (Lipinski definition) is 1. The summed E-state index contributed by atoms with van der Waals surface area (Å²) in [5.74, 6) is -0.439. The summed E-state index contributed by atoms with van der Waals surface area (Å²) in [4.78, 5) is 26.5. The molecule has 0 spiro atoms. The van der Waals surface area contributed by atoms with Gasteiger partial charge in [0, 0.05) is 6.54 Å². The maximum Gasteiger partial charge on any atom is 0.238 e. The highest BCUT2D eigenvalue weighted by Gasteiger charge is 2.48. The zero-order valence-corrected chi connectivity index (χ0v) is 11.5. The predicted molar refractivity (Wildman–Crippen MR) is 77.1 cm³/mol. The van der Waals surface area contributed by atoms with Crippen molar-refractivity contribution in [3.63, 3.8) is 0 Å². The standard InChI is InChI=1S/C16H18N2O2/c1-17-10-11-6-2-5-9-14(11)18-15(19)12-7-3-4-8-13(12)16(18)20/h2-6,9,12-13,17H,7-8,10H2,1H3/t12-,13+. The Labute approximate surface area is 118 Å². The molecule has 104 valence electrons. The van der Waals surface area contributed by atoms with Crippen LogP contribution < -0.4 is 10.2 Å². The summed E-state index contributed by atoms with van der Waals surface area (Å²) in [5, 5.41) is 3.08. The van der Waals surface area contributed by atoms with E-state index in [1.54, 1.807) is 0 Å². The summed E-state index contributed by atoms with van der Waals surface area (Å²) >= 11 is 0. The number of nitrogens with one attached hydrogen (secondary N) is 1. The van der Waals surface area contributed by atoms with E-state index in [4.69, 9.17) is 0 Å². The molecule has 4 nitrogen and oxygen atoms in total.